The first-order valence-corrected chi connectivity index (χ1v) is 9.14. The minimum absolute atomic E-state index is 0.215. The maximum Gasteiger partial charge on any atom is 0.262 e. The summed E-state index contributed by atoms with van der Waals surface area (Å²) in [6.07, 6.45) is 7.03. The largest absolute Gasteiger partial charge is 0.481 e. The number of benzene rings is 1. The normalized spacial score (nSPS) is 11.9. The van der Waals surface area contributed by atoms with Gasteiger partial charge in [-0.3, -0.25) is 9.78 Å². The van der Waals surface area contributed by atoms with E-state index in [0.29, 0.717) is 24.3 Å². The lowest BCUT2D eigenvalue weighted by atomic mass is 10.1. The van der Waals surface area contributed by atoms with Crippen LogP contribution in [0.2, 0.25) is 0 Å². The molecule has 0 radical (unpaired) electrons. The Bertz CT molecular complexity index is 961. The zero-order valence-electron chi connectivity index (χ0n) is 17.1. The van der Waals surface area contributed by atoms with E-state index in [1.165, 1.54) is 0 Å². The number of pyridine rings is 1. The van der Waals surface area contributed by atoms with Gasteiger partial charge in [-0.15, -0.1) is 6.42 Å². The molecule has 0 saturated heterocycles. The van der Waals surface area contributed by atoms with E-state index in [2.05, 4.69) is 28.1 Å². The molecular formula is C23H26N2O3. The standard InChI is InChI=1S/C23H26N2O3/c1-7-17-13-18-14-19(12-16(3)21(18)24-15-17)28-20(8-2)22(26)25-23(4,5)10-9-11-27-6/h1,12-15,20H,8,11H2,2-6H3,(H,25,26). The Morgan fingerprint density at radius 1 is 1.36 bits per heavy atom. The van der Waals surface area contributed by atoms with E-state index in [9.17, 15) is 4.79 Å². The highest BCUT2D eigenvalue weighted by atomic mass is 16.5. The summed E-state index contributed by atoms with van der Waals surface area (Å²) in [4.78, 5) is 17.1. The van der Waals surface area contributed by atoms with E-state index < -0.39 is 11.6 Å². The Labute approximate surface area is 166 Å². The monoisotopic (exact) mass is 378 g/mol. The molecule has 0 aliphatic rings. The van der Waals surface area contributed by atoms with Crippen molar-refractivity contribution < 1.29 is 14.3 Å². The number of terminal acetylenes is 1. The summed E-state index contributed by atoms with van der Waals surface area (Å²) >= 11 is 0. The average Bonchev–Trinajstić information content (AvgIpc) is 2.65. The molecule has 0 fully saturated rings. The second-order valence-electron chi connectivity index (χ2n) is 7.04. The van der Waals surface area contributed by atoms with E-state index in [-0.39, 0.29) is 5.91 Å². The van der Waals surface area contributed by atoms with Crippen LogP contribution in [0.4, 0.5) is 0 Å². The number of rotatable bonds is 6. The van der Waals surface area contributed by atoms with Crippen molar-refractivity contribution in [3.8, 4) is 29.9 Å². The second kappa shape index (κ2) is 9.26. The third-order valence-electron chi connectivity index (χ3n) is 4.11. The molecule has 1 N–H and O–H groups in total. The molecule has 0 bridgehead atoms. The molecule has 0 aliphatic heterocycles. The van der Waals surface area contributed by atoms with Gasteiger partial charge in [0.15, 0.2) is 6.10 Å². The van der Waals surface area contributed by atoms with Gasteiger partial charge in [-0.2, -0.15) is 0 Å². The van der Waals surface area contributed by atoms with Crippen molar-refractivity contribution in [3.05, 3.63) is 35.5 Å². The smallest absolute Gasteiger partial charge is 0.262 e. The summed E-state index contributed by atoms with van der Waals surface area (Å²) in [7, 11) is 1.58. The predicted octanol–water partition coefficient (Wildman–Crippen LogP) is 3.23. The molecule has 0 aliphatic carbocycles. The lowest BCUT2D eigenvalue weighted by Crippen LogP contribution is -2.48. The van der Waals surface area contributed by atoms with Gasteiger partial charge in [-0.25, -0.2) is 0 Å². The van der Waals surface area contributed by atoms with Crippen molar-refractivity contribution >= 4 is 16.8 Å². The summed E-state index contributed by atoms with van der Waals surface area (Å²) in [5, 5.41) is 3.81. The number of carbonyl (C=O) groups excluding carboxylic acids is 1. The van der Waals surface area contributed by atoms with Crippen molar-refractivity contribution in [2.45, 2.75) is 45.8 Å². The number of aryl methyl sites for hydroxylation is 1. The van der Waals surface area contributed by atoms with Crippen molar-refractivity contribution in [2.24, 2.45) is 0 Å². The molecule has 1 unspecified atom stereocenters. The number of hydrogen-bond acceptors (Lipinski definition) is 4. The SMILES string of the molecule is C#Cc1cnc2c(C)cc(OC(CC)C(=O)NC(C)(C)C#CCOC)cc2c1. The number of methoxy groups -OCH3 is 1. The molecule has 2 aromatic rings. The molecule has 146 valence electrons. The number of carbonyl (C=O) groups is 1. The zero-order chi connectivity index (χ0) is 20.7. The van der Waals surface area contributed by atoms with Crippen LogP contribution in [0.3, 0.4) is 0 Å². The second-order valence-corrected chi connectivity index (χ2v) is 7.04. The van der Waals surface area contributed by atoms with E-state index in [0.717, 1.165) is 16.5 Å². The maximum absolute atomic E-state index is 12.7. The van der Waals surface area contributed by atoms with Crippen LogP contribution in [0, 0.1) is 31.1 Å². The van der Waals surface area contributed by atoms with Crippen LogP contribution in [0.25, 0.3) is 10.9 Å². The molecule has 1 atom stereocenters. The van der Waals surface area contributed by atoms with Gasteiger partial charge in [0, 0.05) is 24.3 Å². The highest BCUT2D eigenvalue weighted by Gasteiger charge is 2.25. The molecule has 0 saturated carbocycles. The highest BCUT2D eigenvalue weighted by Crippen LogP contribution is 2.25. The topological polar surface area (TPSA) is 60.5 Å². The number of hydrogen-bond donors (Lipinski definition) is 1. The van der Waals surface area contributed by atoms with E-state index in [1.54, 1.807) is 13.3 Å². The quantitative estimate of drug-likeness (QED) is 0.784. The van der Waals surface area contributed by atoms with E-state index >= 15 is 0 Å². The lowest BCUT2D eigenvalue weighted by Gasteiger charge is -2.24. The van der Waals surface area contributed by atoms with Crippen LogP contribution in [-0.2, 0) is 9.53 Å². The Kier molecular flexibility index (Phi) is 7.04. The number of fused-ring (bicyclic) bond motifs is 1. The molecule has 2 rings (SSSR count). The fraction of sp³-hybridized carbons (Fsp3) is 0.391. The summed E-state index contributed by atoms with van der Waals surface area (Å²) < 4.78 is 10.9. The van der Waals surface area contributed by atoms with Crippen molar-refractivity contribution in [3.63, 3.8) is 0 Å². The van der Waals surface area contributed by atoms with E-state index in [1.807, 2.05) is 45.9 Å². The molecule has 1 amide bonds. The third-order valence-corrected chi connectivity index (χ3v) is 4.11. The number of nitrogens with one attached hydrogen (secondary N) is 1. The van der Waals surface area contributed by atoms with Crippen LogP contribution in [-0.4, -0.2) is 36.3 Å². The maximum atomic E-state index is 12.7. The third kappa shape index (κ3) is 5.49. The zero-order valence-corrected chi connectivity index (χ0v) is 17.1. The van der Waals surface area contributed by atoms with Gasteiger partial charge in [-0.05, 0) is 51.0 Å². The summed E-state index contributed by atoms with van der Waals surface area (Å²) in [6, 6.07) is 5.62. The number of amides is 1. The van der Waals surface area contributed by atoms with Gasteiger partial charge in [0.2, 0.25) is 0 Å². The van der Waals surface area contributed by atoms with Crippen molar-refractivity contribution in [1.29, 1.82) is 0 Å². The van der Waals surface area contributed by atoms with Gasteiger partial charge in [0.1, 0.15) is 12.4 Å². The molecule has 28 heavy (non-hydrogen) atoms. The Morgan fingerprint density at radius 3 is 2.75 bits per heavy atom. The fourth-order valence-electron chi connectivity index (χ4n) is 2.78. The fourth-order valence-corrected chi connectivity index (χ4v) is 2.78. The summed E-state index contributed by atoms with van der Waals surface area (Å²) in [6.45, 7) is 7.85. The summed E-state index contributed by atoms with van der Waals surface area (Å²) in [5.41, 5.74) is 1.83. The molecular weight excluding hydrogens is 352 g/mol. The van der Waals surface area contributed by atoms with Crippen LogP contribution in [0.5, 0.6) is 5.75 Å². The first kappa shape index (κ1) is 21.3. The average molecular weight is 378 g/mol. The molecule has 1 aromatic heterocycles. The number of ether oxygens (including phenoxy) is 2. The van der Waals surface area contributed by atoms with Crippen LogP contribution < -0.4 is 10.1 Å². The molecule has 5 heteroatoms. The molecule has 1 heterocycles. The van der Waals surface area contributed by atoms with Gasteiger partial charge in [-0.1, -0.05) is 24.7 Å². The van der Waals surface area contributed by atoms with Crippen molar-refractivity contribution in [1.82, 2.24) is 10.3 Å². The number of aromatic nitrogens is 1. The first-order valence-electron chi connectivity index (χ1n) is 9.14. The first-order chi connectivity index (χ1) is 13.3. The highest BCUT2D eigenvalue weighted by molar-refractivity contribution is 5.85. The Hall–Kier alpha value is -3.02. The molecule has 0 spiro atoms. The van der Waals surface area contributed by atoms with Gasteiger partial charge >= 0.3 is 0 Å². The van der Waals surface area contributed by atoms with Crippen LogP contribution in [0.1, 0.15) is 38.3 Å². The van der Waals surface area contributed by atoms with Gasteiger partial charge in [0.25, 0.3) is 5.91 Å². The van der Waals surface area contributed by atoms with Crippen LogP contribution >= 0.6 is 0 Å². The molecule has 1 aromatic carbocycles. The lowest BCUT2D eigenvalue weighted by molar-refractivity contribution is -0.129. The van der Waals surface area contributed by atoms with E-state index in [4.69, 9.17) is 15.9 Å². The Balaban J connectivity index is 2.21. The predicted molar refractivity (Wildman–Crippen MR) is 111 cm³/mol. The summed E-state index contributed by atoms with van der Waals surface area (Å²) in [5.74, 6) is 8.84. The molecule has 5 nitrogen and oxygen atoms in total. The minimum Gasteiger partial charge on any atom is -0.481 e. The Morgan fingerprint density at radius 2 is 2.11 bits per heavy atom. The van der Waals surface area contributed by atoms with Crippen LogP contribution in [0.15, 0.2) is 24.4 Å². The minimum atomic E-state index is -0.683. The van der Waals surface area contributed by atoms with Gasteiger partial charge in [0.05, 0.1) is 11.1 Å². The number of nitrogens with zero attached hydrogens (tertiary/aromatic N) is 1. The van der Waals surface area contributed by atoms with Crippen molar-refractivity contribution in [2.75, 3.05) is 13.7 Å². The van der Waals surface area contributed by atoms with Gasteiger partial charge < -0.3 is 14.8 Å².